The molecule has 1 amide bonds. The number of nitrogens with zero attached hydrogens (tertiary/aromatic N) is 1. The van der Waals surface area contributed by atoms with Gasteiger partial charge in [0, 0.05) is 22.8 Å². The molecule has 1 rings (SSSR count). The molecular formula is C14H17ClFNO3S. The number of carbonyl (C=O) groups is 1. The summed E-state index contributed by atoms with van der Waals surface area (Å²) in [6.07, 6.45) is 1.54. The molecule has 0 spiro atoms. The Morgan fingerprint density at radius 1 is 1.43 bits per heavy atom. The lowest BCUT2D eigenvalue weighted by molar-refractivity contribution is 0.0611. The van der Waals surface area contributed by atoms with Gasteiger partial charge in [0.25, 0.3) is 15.0 Å². The quantitative estimate of drug-likeness (QED) is 0.628. The van der Waals surface area contributed by atoms with Crippen molar-refractivity contribution < 1.29 is 17.6 Å². The van der Waals surface area contributed by atoms with E-state index >= 15 is 0 Å². The number of halogens is 2. The van der Waals surface area contributed by atoms with Crippen LogP contribution >= 0.6 is 10.7 Å². The summed E-state index contributed by atoms with van der Waals surface area (Å²) >= 11 is 0. The molecule has 0 fully saturated rings. The standard InChI is InChI=1S/C14H17ClFNO3S/c1-5-8-17(14(2,3)4)13(18)11-7-6-10(9-12(11)16)21(15,19)20/h5-7,9H,1,8H2,2-4H3. The Balaban J connectivity index is 3.27. The lowest BCUT2D eigenvalue weighted by Crippen LogP contribution is -2.46. The van der Waals surface area contributed by atoms with Crippen molar-refractivity contribution in [1.29, 1.82) is 0 Å². The van der Waals surface area contributed by atoms with E-state index in [0.717, 1.165) is 18.2 Å². The number of amides is 1. The van der Waals surface area contributed by atoms with Crippen LogP contribution in [-0.4, -0.2) is 31.3 Å². The molecule has 0 radical (unpaired) electrons. The minimum absolute atomic E-state index is 0.212. The van der Waals surface area contributed by atoms with Crippen molar-refractivity contribution in [2.24, 2.45) is 0 Å². The summed E-state index contributed by atoms with van der Waals surface area (Å²) in [5, 5.41) is 0. The summed E-state index contributed by atoms with van der Waals surface area (Å²) in [4.78, 5) is 13.5. The van der Waals surface area contributed by atoms with Crippen molar-refractivity contribution in [3.8, 4) is 0 Å². The molecule has 0 atom stereocenters. The lowest BCUT2D eigenvalue weighted by Gasteiger charge is -2.35. The van der Waals surface area contributed by atoms with Gasteiger partial charge in [0.05, 0.1) is 10.5 Å². The third-order valence-electron chi connectivity index (χ3n) is 2.82. The molecule has 0 aliphatic heterocycles. The highest BCUT2D eigenvalue weighted by molar-refractivity contribution is 8.13. The van der Waals surface area contributed by atoms with E-state index < -0.39 is 26.3 Å². The molecule has 4 nitrogen and oxygen atoms in total. The number of benzene rings is 1. The van der Waals surface area contributed by atoms with Crippen molar-refractivity contribution in [2.75, 3.05) is 6.54 Å². The maximum absolute atomic E-state index is 14.0. The van der Waals surface area contributed by atoms with E-state index in [-0.39, 0.29) is 17.0 Å². The summed E-state index contributed by atoms with van der Waals surface area (Å²) < 4.78 is 36.3. The van der Waals surface area contributed by atoms with Crippen LogP contribution < -0.4 is 0 Å². The van der Waals surface area contributed by atoms with Gasteiger partial charge in [-0.05, 0) is 39.0 Å². The predicted molar refractivity (Wildman–Crippen MR) is 80.4 cm³/mol. The summed E-state index contributed by atoms with van der Waals surface area (Å²) in [6, 6.07) is 2.96. The van der Waals surface area contributed by atoms with Crippen molar-refractivity contribution in [3.63, 3.8) is 0 Å². The van der Waals surface area contributed by atoms with Gasteiger partial charge in [0.1, 0.15) is 5.82 Å². The van der Waals surface area contributed by atoms with Crippen molar-refractivity contribution >= 4 is 25.6 Å². The molecule has 0 heterocycles. The van der Waals surface area contributed by atoms with Crippen LogP contribution in [0.25, 0.3) is 0 Å². The molecule has 21 heavy (non-hydrogen) atoms. The monoisotopic (exact) mass is 333 g/mol. The van der Waals surface area contributed by atoms with Gasteiger partial charge in [-0.2, -0.15) is 0 Å². The molecule has 0 bridgehead atoms. The zero-order valence-corrected chi connectivity index (χ0v) is 13.6. The van der Waals surface area contributed by atoms with E-state index in [2.05, 4.69) is 6.58 Å². The van der Waals surface area contributed by atoms with Gasteiger partial charge in [-0.15, -0.1) is 6.58 Å². The first-order chi connectivity index (χ1) is 9.48. The molecule has 1 aromatic rings. The first kappa shape index (κ1) is 17.7. The third kappa shape index (κ3) is 4.28. The first-order valence-electron chi connectivity index (χ1n) is 6.15. The van der Waals surface area contributed by atoms with Crippen LogP contribution in [0.1, 0.15) is 31.1 Å². The Morgan fingerprint density at radius 3 is 2.38 bits per heavy atom. The Kier molecular flexibility index (Phi) is 5.17. The average molecular weight is 334 g/mol. The topological polar surface area (TPSA) is 54.5 Å². The highest BCUT2D eigenvalue weighted by atomic mass is 35.7. The first-order valence-corrected chi connectivity index (χ1v) is 8.46. The van der Waals surface area contributed by atoms with Crippen molar-refractivity contribution in [2.45, 2.75) is 31.2 Å². The van der Waals surface area contributed by atoms with Crippen molar-refractivity contribution in [1.82, 2.24) is 4.90 Å². The van der Waals surface area contributed by atoms with Crippen LogP contribution in [0.2, 0.25) is 0 Å². The minimum atomic E-state index is -4.04. The summed E-state index contributed by atoms with van der Waals surface area (Å²) in [7, 11) is 1.11. The van der Waals surface area contributed by atoms with Crippen LogP contribution in [0.15, 0.2) is 35.7 Å². The van der Waals surface area contributed by atoms with Crippen LogP contribution in [0.4, 0.5) is 4.39 Å². The van der Waals surface area contributed by atoms with E-state index in [4.69, 9.17) is 10.7 Å². The number of carbonyl (C=O) groups excluding carboxylic acids is 1. The molecule has 0 saturated carbocycles. The summed E-state index contributed by atoms with van der Waals surface area (Å²) in [5.41, 5.74) is -0.745. The van der Waals surface area contributed by atoms with Gasteiger partial charge in [0.2, 0.25) is 0 Å². The van der Waals surface area contributed by atoms with E-state index in [1.165, 1.54) is 4.90 Å². The molecule has 0 saturated heterocycles. The third-order valence-corrected chi connectivity index (χ3v) is 4.17. The van der Waals surface area contributed by atoms with E-state index in [0.29, 0.717) is 0 Å². The fourth-order valence-electron chi connectivity index (χ4n) is 1.76. The second-order valence-electron chi connectivity index (χ2n) is 5.45. The number of hydrogen-bond donors (Lipinski definition) is 0. The van der Waals surface area contributed by atoms with E-state index in [1.54, 1.807) is 6.08 Å². The highest BCUT2D eigenvalue weighted by Gasteiger charge is 2.28. The van der Waals surface area contributed by atoms with Crippen LogP contribution in [0.3, 0.4) is 0 Å². The average Bonchev–Trinajstić information content (AvgIpc) is 2.32. The second kappa shape index (κ2) is 6.15. The molecule has 0 aliphatic rings. The lowest BCUT2D eigenvalue weighted by atomic mass is 10.0. The zero-order chi connectivity index (χ0) is 16.4. The molecule has 0 aromatic heterocycles. The largest absolute Gasteiger partial charge is 0.330 e. The van der Waals surface area contributed by atoms with E-state index in [1.807, 2.05) is 20.8 Å². The Hall–Kier alpha value is -1.40. The van der Waals surface area contributed by atoms with Gasteiger partial charge in [-0.1, -0.05) is 6.08 Å². The predicted octanol–water partition coefficient (Wildman–Crippen LogP) is 3.18. The maximum atomic E-state index is 14.0. The van der Waals surface area contributed by atoms with Gasteiger partial charge in [0.15, 0.2) is 0 Å². The maximum Gasteiger partial charge on any atom is 0.261 e. The second-order valence-corrected chi connectivity index (χ2v) is 8.02. The Bertz CT molecular complexity index is 665. The fourth-order valence-corrected chi connectivity index (χ4v) is 2.52. The summed E-state index contributed by atoms with van der Waals surface area (Å²) in [6.45, 7) is 9.25. The van der Waals surface area contributed by atoms with Gasteiger partial charge < -0.3 is 4.90 Å². The van der Waals surface area contributed by atoms with Crippen LogP contribution in [0, 0.1) is 5.82 Å². The highest BCUT2D eigenvalue weighted by Crippen LogP contribution is 2.22. The van der Waals surface area contributed by atoms with Crippen LogP contribution in [0.5, 0.6) is 0 Å². The molecule has 0 aliphatic carbocycles. The zero-order valence-electron chi connectivity index (χ0n) is 12.1. The molecule has 0 unspecified atom stereocenters. The summed E-state index contributed by atoms with van der Waals surface area (Å²) in [5.74, 6) is -1.47. The molecule has 7 heteroatoms. The van der Waals surface area contributed by atoms with E-state index in [9.17, 15) is 17.6 Å². The van der Waals surface area contributed by atoms with Gasteiger partial charge >= 0.3 is 0 Å². The Morgan fingerprint density at radius 2 is 2.00 bits per heavy atom. The number of rotatable bonds is 4. The van der Waals surface area contributed by atoms with Gasteiger partial charge in [-0.3, -0.25) is 4.79 Å². The number of hydrogen-bond acceptors (Lipinski definition) is 3. The molecule has 0 N–H and O–H groups in total. The normalized spacial score (nSPS) is 12.0. The van der Waals surface area contributed by atoms with Gasteiger partial charge in [-0.25, -0.2) is 12.8 Å². The molecule has 116 valence electrons. The smallest absolute Gasteiger partial charge is 0.261 e. The van der Waals surface area contributed by atoms with Crippen LogP contribution in [-0.2, 0) is 9.05 Å². The molecular weight excluding hydrogens is 317 g/mol. The minimum Gasteiger partial charge on any atom is -0.330 e. The Labute approximate surface area is 128 Å². The van der Waals surface area contributed by atoms with Crippen molar-refractivity contribution in [3.05, 3.63) is 42.2 Å². The SMILES string of the molecule is C=CCN(C(=O)c1ccc(S(=O)(=O)Cl)cc1F)C(C)(C)C. The molecule has 1 aromatic carbocycles. The fraction of sp³-hybridized carbons (Fsp3) is 0.357.